The van der Waals surface area contributed by atoms with E-state index in [1.54, 1.807) is 10.9 Å². The van der Waals surface area contributed by atoms with Crippen LogP contribution in [0.25, 0.3) is 0 Å². The van der Waals surface area contributed by atoms with Crippen molar-refractivity contribution in [2.75, 3.05) is 36.5 Å². The average Bonchev–Trinajstić information content (AvgIpc) is 3.04. The zero-order valence-corrected chi connectivity index (χ0v) is 17.8. The van der Waals surface area contributed by atoms with E-state index in [4.69, 9.17) is 16.3 Å². The van der Waals surface area contributed by atoms with Crippen molar-refractivity contribution in [3.63, 3.8) is 0 Å². The third kappa shape index (κ3) is 4.32. The number of nitrogens with one attached hydrogen (secondary N) is 1. The second kappa shape index (κ2) is 8.85. The monoisotopic (exact) mass is 425 g/mol. The van der Waals surface area contributed by atoms with E-state index in [2.05, 4.69) is 20.3 Å². The molecule has 3 aromatic rings. The van der Waals surface area contributed by atoms with Crippen LogP contribution in [-0.4, -0.2) is 47.0 Å². The molecule has 4 rings (SSSR count). The fourth-order valence-electron chi connectivity index (χ4n) is 3.61. The highest BCUT2D eigenvalue weighted by atomic mass is 35.5. The second-order valence-electron chi connectivity index (χ2n) is 7.25. The molecule has 2 aromatic heterocycles. The number of anilines is 2. The minimum absolute atomic E-state index is 0.220. The number of ether oxygens (including phenoxy) is 1. The van der Waals surface area contributed by atoms with Crippen LogP contribution in [0.5, 0.6) is 0 Å². The molecular weight excluding hydrogens is 402 g/mol. The molecular formula is C22H24ClN5O2. The van der Waals surface area contributed by atoms with Crippen LogP contribution < -0.4 is 10.2 Å². The Hall–Kier alpha value is -2.90. The van der Waals surface area contributed by atoms with Gasteiger partial charge in [-0.2, -0.15) is 5.10 Å². The molecule has 30 heavy (non-hydrogen) atoms. The number of carbonyl (C=O) groups is 1. The number of aromatic nitrogens is 3. The number of halogens is 1. The van der Waals surface area contributed by atoms with Crippen LogP contribution in [0.2, 0.25) is 5.02 Å². The van der Waals surface area contributed by atoms with Crippen molar-refractivity contribution in [3.05, 3.63) is 70.1 Å². The zero-order valence-electron chi connectivity index (χ0n) is 17.1. The van der Waals surface area contributed by atoms with Crippen LogP contribution >= 0.6 is 11.6 Å². The molecule has 8 heteroatoms. The molecule has 1 amide bonds. The molecule has 1 aromatic carbocycles. The molecule has 1 fully saturated rings. The molecule has 0 unspecified atom stereocenters. The molecule has 3 heterocycles. The predicted octanol–water partition coefficient (Wildman–Crippen LogP) is 3.69. The van der Waals surface area contributed by atoms with Gasteiger partial charge in [0.25, 0.3) is 5.91 Å². The summed E-state index contributed by atoms with van der Waals surface area (Å²) in [7, 11) is 0. The van der Waals surface area contributed by atoms with E-state index in [1.165, 1.54) is 0 Å². The first-order chi connectivity index (χ1) is 14.5. The smallest absolute Gasteiger partial charge is 0.260 e. The maximum atomic E-state index is 12.9. The van der Waals surface area contributed by atoms with Gasteiger partial charge in [-0.15, -0.1) is 0 Å². The number of rotatable bonds is 5. The van der Waals surface area contributed by atoms with Gasteiger partial charge in [0.15, 0.2) is 0 Å². The fraction of sp³-hybridized carbons (Fsp3) is 0.318. The molecule has 1 saturated heterocycles. The van der Waals surface area contributed by atoms with E-state index < -0.39 is 0 Å². The highest BCUT2D eigenvalue weighted by Gasteiger charge is 2.20. The predicted molar refractivity (Wildman–Crippen MR) is 117 cm³/mol. The molecule has 1 aliphatic heterocycles. The first-order valence-electron chi connectivity index (χ1n) is 9.90. The van der Waals surface area contributed by atoms with Crippen molar-refractivity contribution in [3.8, 4) is 0 Å². The van der Waals surface area contributed by atoms with Crippen LogP contribution in [-0.2, 0) is 11.3 Å². The van der Waals surface area contributed by atoms with Crippen molar-refractivity contribution in [2.24, 2.45) is 0 Å². The topological polar surface area (TPSA) is 72.3 Å². The quantitative estimate of drug-likeness (QED) is 0.675. The van der Waals surface area contributed by atoms with Gasteiger partial charge in [0.2, 0.25) is 0 Å². The summed E-state index contributed by atoms with van der Waals surface area (Å²) in [5.74, 6) is 0.289. The zero-order chi connectivity index (χ0) is 21.1. The molecule has 0 aliphatic carbocycles. The molecule has 0 radical (unpaired) electrons. The molecule has 7 nitrogen and oxygen atoms in total. The van der Waals surface area contributed by atoms with Crippen LogP contribution in [0.4, 0.5) is 11.5 Å². The molecule has 0 saturated carbocycles. The minimum Gasteiger partial charge on any atom is -0.378 e. The fourth-order valence-corrected chi connectivity index (χ4v) is 3.81. The van der Waals surface area contributed by atoms with Gasteiger partial charge < -0.3 is 15.0 Å². The summed E-state index contributed by atoms with van der Waals surface area (Å²) in [4.78, 5) is 19.5. The lowest BCUT2D eigenvalue weighted by molar-refractivity contribution is 0.102. The summed E-state index contributed by atoms with van der Waals surface area (Å²) in [6, 6.07) is 11.4. The number of nitrogens with zero attached hydrogens (tertiary/aromatic N) is 4. The number of hydrogen-bond acceptors (Lipinski definition) is 5. The Labute approximate surface area is 180 Å². The average molecular weight is 426 g/mol. The highest BCUT2D eigenvalue weighted by Crippen LogP contribution is 2.21. The Morgan fingerprint density at radius 2 is 1.93 bits per heavy atom. The number of morpholine rings is 1. The maximum Gasteiger partial charge on any atom is 0.260 e. The van der Waals surface area contributed by atoms with Crippen LogP contribution in [0.1, 0.15) is 27.3 Å². The molecule has 0 bridgehead atoms. The largest absolute Gasteiger partial charge is 0.378 e. The van der Waals surface area contributed by atoms with Crippen LogP contribution in [0.15, 0.2) is 42.6 Å². The van der Waals surface area contributed by atoms with Crippen molar-refractivity contribution in [2.45, 2.75) is 20.4 Å². The number of amides is 1. The Morgan fingerprint density at radius 1 is 1.17 bits per heavy atom. The number of carbonyl (C=O) groups excluding carboxylic acids is 1. The van der Waals surface area contributed by atoms with E-state index >= 15 is 0 Å². The van der Waals surface area contributed by atoms with Crippen molar-refractivity contribution in [1.82, 2.24) is 14.8 Å². The van der Waals surface area contributed by atoms with Gasteiger partial charge >= 0.3 is 0 Å². The molecule has 156 valence electrons. The molecule has 0 spiro atoms. The van der Waals surface area contributed by atoms with E-state index in [1.807, 2.05) is 50.2 Å². The van der Waals surface area contributed by atoms with E-state index in [0.717, 1.165) is 43.2 Å². The summed E-state index contributed by atoms with van der Waals surface area (Å²) in [6.45, 7) is 7.35. The minimum atomic E-state index is -0.220. The van der Waals surface area contributed by atoms with Gasteiger partial charge in [0, 0.05) is 23.8 Å². The SMILES string of the molecule is Cc1nn(Cc2ccccc2Cl)c(C)c1C(=O)Nc1ccc(N2CCOCC2)cn1. The van der Waals surface area contributed by atoms with Crippen LogP contribution in [0.3, 0.4) is 0 Å². The lowest BCUT2D eigenvalue weighted by Crippen LogP contribution is -2.36. The van der Waals surface area contributed by atoms with Crippen molar-refractivity contribution in [1.29, 1.82) is 0 Å². The van der Waals surface area contributed by atoms with Gasteiger partial charge in [-0.05, 0) is 37.6 Å². The number of pyridine rings is 1. The Kier molecular flexibility index (Phi) is 6.01. The highest BCUT2D eigenvalue weighted by molar-refractivity contribution is 6.31. The van der Waals surface area contributed by atoms with Gasteiger partial charge in [0.1, 0.15) is 5.82 Å². The second-order valence-corrected chi connectivity index (χ2v) is 7.66. The van der Waals surface area contributed by atoms with Crippen molar-refractivity contribution < 1.29 is 9.53 Å². The summed E-state index contributed by atoms with van der Waals surface area (Å²) >= 11 is 6.27. The first kappa shape index (κ1) is 20.4. The summed E-state index contributed by atoms with van der Waals surface area (Å²) in [5, 5.41) is 8.11. The van der Waals surface area contributed by atoms with E-state index in [0.29, 0.717) is 28.6 Å². The van der Waals surface area contributed by atoms with E-state index in [-0.39, 0.29) is 5.91 Å². The third-order valence-corrected chi connectivity index (χ3v) is 5.62. The standard InChI is InChI=1S/C22H24ClN5O2/c1-15-21(16(2)28(26-15)14-17-5-3-4-6-19(17)23)22(29)25-20-8-7-18(13-24-20)27-9-11-30-12-10-27/h3-8,13H,9-12,14H2,1-2H3,(H,24,25,29). The number of benzene rings is 1. The summed E-state index contributed by atoms with van der Waals surface area (Å²) in [6.07, 6.45) is 1.78. The number of aryl methyl sites for hydroxylation is 1. The van der Waals surface area contributed by atoms with Gasteiger partial charge in [-0.1, -0.05) is 29.8 Å². The van der Waals surface area contributed by atoms with Crippen molar-refractivity contribution >= 4 is 29.0 Å². The molecule has 1 aliphatic rings. The van der Waals surface area contributed by atoms with Gasteiger partial charge in [-0.3, -0.25) is 9.48 Å². The third-order valence-electron chi connectivity index (χ3n) is 5.25. The Morgan fingerprint density at radius 3 is 2.63 bits per heavy atom. The van der Waals surface area contributed by atoms with E-state index in [9.17, 15) is 4.79 Å². The van der Waals surface area contributed by atoms with Gasteiger partial charge in [-0.25, -0.2) is 4.98 Å². The molecule has 1 N–H and O–H groups in total. The Balaban J connectivity index is 1.48. The lowest BCUT2D eigenvalue weighted by atomic mass is 10.1. The van der Waals surface area contributed by atoms with Crippen LogP contribution in [0, 0.1) is 13.8 Å². The normalized spacial score (nSPS) is 14.0. The number of hydrogen-bond donors (Lipinski definition) is 1. The lowest BCUT2D eigenvalue weighted by Gasteiger charge is -2.28. The maximum absolute atomic E-state index is 12.9. The Bertz CT molecular complexity index is 1040. The summed E-state index contributed by atoms with van der Waals surface area (Å²) < 4.78 is 7.19. The molecule has 0 atom stereocenters. The summed E-state index contributed by atoms with van der Waals surface area (Å²) in [5.41, 5.74) is 3.99. The van der Waals surface area contributed by atoms with Gasteiger partial charge in [0.05, 0.1) is 42.9 Å². The first-order valence-corrected chi connectivity index (χ1v) is 10.3.